The largest absolute Gasteiger partial charge is 0.354 e. The second kappa shape index (κ2) is 5.59. The fraction of sp³-hybridized carbons (Fsp3) is 0.143. The fourth-order valence-corrected chi connectivity index (χ4v) is 0.877. The highest BCUT2D eigenvalue weighted by molar-refractivity contribution is 8.22. The van der Waals surface area contributed by atoms with E-state index in [1.165, 1.54) is 30.4 Å². The highest BCUT2D eigenvalue weighted by Gasteiger charge is 2.11. The van der Waals surface area contributed by atoms with Crippen molar-refractivity contribution in [3.8, 4) is 0 Å². The molecular weight excluding hydrogens is 236 g/mol. The van der Waals surface area contributed by atoms with E-state index in [0.717, 1.165) is 5.06 Å². The van der Waals surface area contributed by atoms with Gasteiger partial charge in [-0.05, 0) is 18.5 Å². The molecule has 0 atom stereocenters. The van der Waals surface area contributed by atoms with Gasteiger partial charge in [-0.1, -0.05) is 11.8 Å². The Kier molecular flexibility index (Phi) is 4.40. The number of rotatable bonds is 1. The number of carbonyl (C=O) groups excluding carboxylic acids is 1. The van der Waals surface area contributed by atoms with E-state index >= 15 is 0 Å². The second-order valence-electron chi connectivity index (χ2n) is 2.36. The number of thioether (sulfide) groups is 1. The minimum absolute atomic E-state index is 0.118. The molecule has 1 aliphatic rings. The predicted octanol–water partition coefficient (Wildman–Crippen LogP) is 1.22. The number of nitrogens with zero attached hydrogens (tertiary/aromatic N) is 3. The Balaban J connectivity index is 2.62. The van der Waals surface area contributed by atoms with Crippen LogP contribution in [0, 0.1) is 0 Å². The number of hydroxylamine groups is 2. The van der Waals surface area contributed by atoms with Gasteiger partial charge in [-0.3, -0.25) is 10.0 Å². The molecule has 0 aromatic rings. The van der Waals surface area contributed by atoms with Crippen molar-refractivity contribution >= 4 is 34.2 Å². The van der Waals surface area contributed by atoms with Crippen LogP contribution in [0.5, 0.6) is 0 Å². The van der Waals surface area contributed by atoms with Crippen molar-refractivity contribution < 1.29 is 10.0 Å². The Morgan fingerprint density at radius 1 is 1.67 bits per heavy atom. The summed E-state index contributed by atoms with van der Waals surface area (Å²) in [6.45, 7) is 0. The number of carbonyl (C=O) groups is 1. The molecular formula is C7H8N4O2S2. The van der Waals surface area contributed by atoms with Gasteiger partial charge >= 0.3 is 5.91 Å². The zero-order chi connectivity index (χ0) is 11.3. The lowest BCUT2D eigenvalue weighted by atomic mass is 10.4. The summed E-state index contributed by atoms with van der Waals surface area (Å²) in [6, 6.07) is 0. The Hall–Kier alpha value is -1.25. The monoisotopic (exact) mass is 244 g/mol. The first-order chi connectivity index (χ1) is 7.13. The summed E-state index contributed by atoms with van der Waals surface area (Å²) in [5.41, 5.74) is 0.118. The molecule has 6 nitrogen and oxygen atoms in total. The van der Waals surface area contributed by atoms with E-state index in [9.17, 15) is 4.79 Å². The maximum atomic E-state index is 11.3. The zero-order valence-electron chi connectivity index (χ0n) is 7.75. The molecule has 0 saturated heterocycles. The van der Waals surface area contributed by atoms with Crippen molar-refractivity contribution in [2.75, 3.05) is 6.26 Å². The van der Waals surface area contributed by atoms with E-state index in [4.69, 9.17) is 17.4 Å². The number of nitrogens with one attached hydrogen (secondary N) is 1. The summed E-state index contributed by atoms with van der Waals surface area (Å²) in [5, 5.41) is 19.3. The van der Waals surface area contributed by atoms with E-state index in [-0.39, 0.29) is 10.0 Å². The molecule has 2 N–H and O–H groups in total. The average molecular weight is 244 g/mol. The van der Waals surface area contributed by atoms with Crippen LogP contribution in [0.4, 0.5) is 0 Å². The van der Waals surface area contributed by atoms with Crippen molar-refractivity contribution in [3.05, 3.63) is 24.3 Å². The quantitative estimate of drug-likeness (QED) is 0.533. The van der Waals surface area contributed by atoms with Gasteiger partial charge in [0.1, 0.15) is 5.70 Å². The van der Waals surface area contributed by atoms with Crippen LogP contribution in [-0.4, -0.2) is 26.8 Å². The Morgan fingerprint density at radius 2 is 2.40 bits per heavy atom. The van der Waals surface area contributed by atoms with Crippen molar-refractivity contribution in [3.63, 3.8) is 0 Å². The van der Waals surface area contributed by atoms with Gasteiger partial charge in [0.2, 0.25) is 0 Å². The predicted molar refractivity (Wildman–Crippen MR) is 60.0 cm³/mol. The van der Waals surface area contributed by atoms with Gasteiger partial charge in [0.25, 0.3) is 0 Å². The van der Waals surface area contributed by atoms with Crippen LogP contribution in [-0.2, 0) is 4.79 Å². The van der Waals surface area contributed by atoms with Gasteiger partial charge < -0.3 is 5.32 Å². The maximum Gasteiger partial charge on any atom is 0.313 e. The Bertz CT molecular complexity index is 364. The molecule has 15 heavy (non-hydrogen) atoms. The molecule has 0 aromatic carbocycles. The molecule has 0 bridgehead atoms. The molecule has 1 aliphatic heterocycles. The third kappa shape index (κ3) is 3.78. The smallest absolute Gasteiger partial charge is 0.313 e. The van der Waals surface area contributed by atoms with Crippen molar-refractivity contribution in [1.82, 2.24) is 10.4 Å². The molecule has 0 fully saturated rings. The zero-order valence-corrected chi connectivity index (χ0v) is 9.38. The van der Waals surface area contributed by atoms with Gasteiger partial charge in [-0.15, -0.1) is 10.2 Å². The first-order valence-corrected chi connectivity index (χ1v) is 5.43. The molecule has 1 heterocycles. The average Bonchev–Trinajstić information content (AvgIpc) is 2.25. The summed E-state index contributed by atoms with van der Waals surface area (Å²) < 4.78 is 0.274. The summed E-state index contributed by atoms with van der Waals surface area (Å²) in [7, 11) is 0. The maximum absolute atomic E-state index is 11.3. The molecule has 8 heteroatoms. The second-order valence-corrected chi connectivity index (χ2v) is 3.80. The topological polar surface area (TPSA) is 77.3 Å². The molecule has 80 valence electrons. The minimum Gasteiger partial charge on any atom is -0.354 e. The molecule has 0 spiro atoms. The number of hydrogen-bond acceptors (Lipinski definition) is 6. The highest BCUT2D eigenvalue weighted by atomic mass is 32.2. The fourth-order valence-electron chi connectivity index (χ4n) is 0.714. The summed E-state index contributed by atoms with van der Waals surface area (Å²) >= 11 is 5.95. The molecule has 0 aliphatic carbocycles. The Labute approximate surface area is 95.7 Å². The van der Waals surface area contributed by atoms with E-state index < -0.39 is 5.91 Å². The summed E-state index contributed by atoms with van der Waals surface area (Å²) in [4.78, 5) is 11.3. The van der Waals surface area contributed by atoms with E-state index in [1.54, 1.807) is 6.26 Å². The first-order valence-electron chi connectivity index (χ1n) is 3.79. The minimum atomic E-state index is -0.602. The van der Waals surface area contributed by atoms with Gasteiger partial charge in [0.15, 0.2) is 4.32 Å². The molecule has 0 aromatic heterocycles. The van der Waals surface area contributed by atoms with Gasteiger partial charge in [0.05, 0.1) is 6.20 Å². The van der Waals surface area contributed by atoms with Crippen LogP contribution in [0.25, 0.3) is 0 Å². The first kappa shape index (κ1) is 11.8. The number of azo groups is 1. The van der Waals surface area contributed by atoms with Crippen LogP contribution >= 0.6 is 24.0 Å². The SMILES string of the molecule is CSC(=S)N=NC(=O)C1=CN(O)C=CN1. The standard InChI is InChI=1S/C7H8N4O2S2/c1-15-7(14)10-9-6(12)5-4-11(13)3-2-8-5/h2-4,8,13H,1H3. The third-order valence-corrected chi connectivity index (χ3v) is 2.37. The van der Waals surface area contributed by atoms with Crippen molar-refractivity contribution in [2.45, 2.75) is 0 Å². The van der Waals surface area contributed by atoms with Crippen LogP contribution in [0.15, 0.2) is 34.5 Å². The van der Waals surface area contributed by atoms with E-state index in [1.807, 2.05) is 0 Å². The third-order valence-electron chi connectivity index (χ3n) is 1.35. The molecule has 0 saturated carbocycles. The van der Waals surface area contributed by atoms with E-state index in [2.05, 4.69) is 15.5 Å². The van der Waals surface area contributed by atoms with Crippen LogP contribution < -0.4 is 5.32 Å². The van der Waals surface area contributed by atoms with Crippen LogP contribution in [0.2, 0.25) is 0 Å². The Morgan fingerprint density at radius 3 is 3.00 bits per heavy atom. The number of amides is 1. The lowest BCUT2D eigenvalue weighted by molar-refractivity contribution is -0.115. The summed E-state index contributed by atoms with van der Waals surface area (Å²) in [5.74, 6) is -0.602. The number of hydrogen-bond donors (Lipinski definition) is 2. The molecule has 0 radical (unpaired) electrons. The highest BCUT2D eigenvalue weighted by Crippen LogP contribution is 2.04. The van der Waals surface area contributed by atoms with Crippen LogP contribution in [0.3, 0.4) is 0 Å². The van der Waals surface area contributed by atoms with Crippen molar-refractivity contribution in [2.24, 2.45) is 10.2 Å². The molecule has 1 amide bonds. The van der Waals surface area contributed by atoms with Crippen LogP contribution in [0.1, 0.15) is 0 Å². The van der Waals surface area contributed by atoms with Crippen molar-refractivity contribution in [1.29, 1.82) is 0 Å². The van der Waals surface area contributed by atoms with Gasteiger partial charge in [-0.2, -0.15) is 0 Å². The normalized spacial score (nSPS) is 15.1. The molecule has 0 unspecified atom stereocenters. The lowest BCUT2D eigenvalue weighted by Gasteiger charge is -2.13. The summed E-state index contributed by atoms with van der Waals surface area (Å²) in [6.07, 6.45) is 5.65. The number of thiocarbonyl (C=S) groups is 1. The van der Waals surface area contributed by atoms with Gasteiger partial charge in [-0.25, -0.2) is 5.06 Å². The molecule has 1 rings (SSSR count). The van der Waals surface area contributed by atoms with E-state index in [0.29, 0.717) is 0 Å². The van der Waals surface area contributed by atoms with Gasteiger partial charge in [0, 0.05) is 12.4 Å². The lowest BCUT2D eigenvalue weighted by Crippen LogP contribution is -2.22.